The molecule has 118 valence electrons. The Hall–Kier alpha value is -1.10. The third kappa shape index (κ3) is 3.07. The number of rotatable bonds is 3. The van der Waals surface area contributed by atoms with Gasteiger partial charge in [0.15, 0.2) is 0 Å². The Morgan fingerprint density at radius 3 is 2.29 bits per heavy atom. The van der Waals surface area contributed by atoms with Crippen LogP contribution in [0.3, 0.4) is 0 Å². The third-order valence-electron chi connectivity index (χ3n) is 5.52. The van der Waals surface area contributed by atoms with Crippen molar-refractivity contribution in [3.8, 4) is 0 Å². The molecule has 3 unspecified atom stereocenters. The lowest BCUT2D eigenvalue weighted by molar-refractivity contribution is -0.149. The summed E-state index contributed by atoms with van der Waals surface area (Å²) in [6, 6.07) is 0.495. The number of nitrogens with zero attached hydrogens (tertiary/aromatic N) is 2. The molecule has 0 bridgehead atoms. The number of likely N-dealkylation sites (tertiary alicyclic amines) is 2. The fraction of sp³-hybridized carbons (Fsp3) is 0.875. The number of hydrogen-bond donors (Lipinski definition) is 1. The smallest absolute Gasteiger partial charge is 0.307 e. The van der Waals surface area contributed by atoms with Crippen molar-refractivity contribution in [1.29, 1.82) is 0 Å². The summed E-state index contributed by atoms with van der Waals surface area (Å²) in [5, 5.41) is 9.28. The van der Waals surface area contributed by atoms with Gasteiger partial charge in [0.05, 0.1) is 11.8 Å². The van der Waals surface area contributed by atoms with Crippen LogP contribution in [0.4, 0.5) is 0 Å². The molecule has 1 amide bonds. The van der Waals surface area contributed by atoms with E-state index in [1.165, 1.54) is 19.3 Å². The van der Waals surface area contributed by atoms with Gasteiger partial charge in [-0.2, -0.15) is 0 Å². The van der Waals surface area contributed by atoms with Crippen LogP contribution >= 0.6 is 0 Å². The van der Waals surface area contributed by atoms with Gasteiger partial charge in [-0.05, 0) is 51.6 Å². The lowest BCUT2D eigenvalue weighted by Crippen LogP contribution is -2.51. The molecular formula is C16H26N2O3. The minimum atomic E-state index is -0.793. The molecule has 2 heterocycles. The summed E-state index contributed by atoms with van der Waals surface area (Å²) in [5.74, 6) is -1.42. The van der Waals surface area contributed by atoms with Crippen LogP contribution in [0.25, 0.3) is 0 Å². The van der Waals surface area contributed by atoms with Crippen LogP contribution in [0.1, 0.15) is 44.9 Å². The van der Waals surface area contributed by atoms with Crippen LogP contribution < -0.4 is 0 Å². The predicted molar refractivity (Wildman–Crippen MR) is 78.9 cm³/mol. The van der Waals surface area contributed by atoms with E-state index in [-0.39, 0.29) is 11.8 Å². The van der Waals surface area contributed by atoms with Gasteiger partial charge < -0.3 is 10.0 Å². The van der Waals surface area contributed by atoms with Crippen molar-refractivity contribution < 1.29 is 14.7 Å². The van der Waals surface area contributed by atoms with Gasteiger partial charge in [-0.3, -0.25) is 14.5 Å². The van der Waals surface area contributed by atoms with E-state index < -0.39 is 11.9 Å². The molecule has 3 fully saturated rings. The van der Waals surface area contributed by atoms with Crippen LogP contribution in [0.5, 0.6) is 0 Å². The maximum absolute atomic E-state index is 12.7. The molecule has 5 heteroatoms. The van der Waals surface area contributed by atoms with Gasteiger partial charge >= 0.3 is 5.97 Å². The Labute approximate surface area is 126 Å². The molecule has 5 nitrogen and oxygen atoms in total. The second-order valence-corrected chi connectivity index (χ2v) is 6.81. The highest BCUT2D eigenvalue weighted by molar-refractivity contribution is 5.85. The van der Waals surface area contributed by atoms with Gasteiger partial charge in [0.1, 0.15) is 0 Å². The van der Waals surface area contributed by atoms with Crippen molar-refractivity contribution in [2.24, 2.45) is 11.8 Å². The maximum atomic E-state index is 12.7. The van der Waals surface area contributed by atoms with E-state index in [2.05, 4.69) is 4.90 Å². The third-order valence-corrected chi connectivity index (χ3v) is 5.52. The van der Waals surface area contributed by atoms with Gasteiger partial charge in [0.2, 0.25) is 5.91 Å². The maximum Gasteiger partial charge on any atom is 0.307 e. The zero-order valence-corrected chi connectivity index (χ0v) is 12.7. The molecule has 1 saturated carbocycles. The summed E-state index contributed by atoms with van der Waals surface area (Å²) in [4.78, 5) is 28.5. The number of piperidine rings is 1. The fourth-order valence-corrected chi connectivity index (χ4v) is 4.35. The molecule has 0 radical (unpaired) electrons. The standard InChI is InChI=1S/C16H26N2O3/c19-15(13-6-3-7-14(13)16(20)21)18-10-4-5-12(11-18)17-8-1-2-9-17/h12-14H,1-11H2,(H,20,21). The van der Waals surface area contributed by atoms with Gasteiger partial charge in [-0.15, -0.1) is 0 Å². The number of aliphatic carboxylic acids is 1. The van der Waals surface area contributed by atoms with Crippen molar-refractivity contribution in [2.45, 2.75) is 51.0 Å². The molecule has 2 saturated heterocycles. The number of hydrogen-bond acceptors (Lipinski definition) is 3. The van der Waals surface area contributed by atoms with Crippen molar-refractivity contribution >= 4 is 11.9 Å². The van der Waals surface area contributed by atoms with Gasteiger partial charge in [-0.1, -0.05) is 6.42 Å². The Morgan fingerprint density at radius 2 is 1.57 bits per heavy atom. The van der Waals surface area contributed by atoms with Crippen molar-refractivity contribution in [2.75, 3.05) is 26.2 Å². The molecule has 3 aliphatic rings. The second-order valence-electron chi connectivity index (χ2n) is 6.81. The van der Waals surface area contributed by atoms with Crippen LogP contribution in [-0.2, 0) is 9.59 Å². The first-order valence-corrected chi connectivity index (χ1v) is 8.42. The quantitative estimate of drug-likeness (QED) is 0.858. The van der Waals surface area contributed by atoms with Gasteiger partial charge in [-0.25, -0.2) is 0 Å². The van der Waals surface area contributed by atoms with E-state index in [1.54, 1.807) is 0 Å². The number of amides is 1. The summed E-state index contributed by atoms with van der Waals surface area (Å²) >= 11 is 0. The van der Waals surface area contributed by atoms with Crippen molar-refractivity contribution in [3.05, 3.63) is 0 Å². The van der Waals surface area contributed by atoms with Crippen LogP contribution in [0.2, 0.25) is 0 Å². The first-order valence-electron chi connectivity index (χ1n) is 8.42. The van der Waals surface area contributed by atoms with E-state index in [0.717, 1.165) is 45.4 Å². The number of carbonyl (C=O) groups excluding carboxylic acids is 1. The number of carboxylic acids is 1. The van der Waals surface area contributed by atoms with Gasteiger partial charge in [0, 0.05) is 19.1 Å². The van der Waals surface area contributed by atoms with Crippen LogP contribution in [0.15, 0.2) is 0 Å². The summed E-state index contributed by atoms with van der Waals surface area (Å²) in [7, 11) is 0. The Kier molecular flexibility index (Phi) is 4.48. The summed E-state index contributed by atoms with van der Waals surface area (Å²) < 4.78 is 0. The monoisotopic (exact) mass is 294 g/mol. The SMILES string of the molecule is O=C(O)C1CCCC1C(=O)N1CCCC(N2CCCC2)C1. The van der Waals surface area contributed by atoms with Crippen LogP contribution in [-0.4, -0.2) is 59.0 Å². The zero-order chi connectivity index (χ0) is 14.8. The fourth-order valence-electron chi connectivity index (χ4n) is 4.35. The Bertz CT molecular complexity index is 406. The number of carboxylic acid groups (broad SMARTS) is 1. The molecule has 0 aromatic rings. The molecule has 2 aliphatic heterocycles. The Morgan fingerprint density at radius 1 is 0.857 bits per heavy atom. The average Bonchev–Trinajstić information content (AvgIpc) is 3.17. The summed E-state index contributed by atoms with van der Waals surface area (Å²) in [5.41, 5.74) is 0. The molecule has 3 rings (SSSR count). The van der Waals surface area contributed by atoms with Gasteiger partial charge in [0.25, 0.3) is 0 Å². The molecule has 0 aromatic heterocycles. The average molecular weight is 294 g/mol. The molecule has 1 aliphatic carbocycles. The zero-order valence-electron chi connectivity index (χ0n) is 12.7. The molecular weight excluding hydrogens is 268 g/mol. The van der Waals surface area contributed by atoms with Crippen molar-refractivity contribution in [3.63, 3.8) is 0 Å². The minimum absolute atomic E-state index is 0.101. The molecule has 21 heavy (non-hydrogen) atoms. The second kappa shape index (κ2) is 6.34. The summed E-state index contributed by atoms with van der Waals surface area (Å²) in [6.07, 6.45) is 7.06. The highest BCUT2D eigenvalue weighted by atomic mass is 16.4. The first-order chi connectivity index (χ1) is 10.2. The van der Waals surface area contributed by atoms with Crippen LogP contribution in [0, 0.1) is 11.8 Å². The molecule has 0 spiro atoms. The Balaban J connectivity index is 1.62. The van der Waals surface area contributed by atoms with E-state index in [4.69, 9.17) is 0 Å². The molecule has 1 N–H and O–H groups in total. The van der Waals surface area contributed by atoms with E-state index in [9.17, 15) is 14.7 Å². The normalized spacial score (nSPS) is 34.3. The lowest BCUT2D eigenvalue weighted by Gasteiger charge is -2.39. The topological polar surface area (TPSA) is 60.9 Å². The summed E-state index contributed by atoms with van der Waals surface area (Å²) in [6.45, 7) is 3.94. The van der Waals surface area contributed by atoms with E-state index >= 15 is 0 Å². The lowest BCUT2D eigenvalue weighted by atomic mass is 9.93. The van der Waals surface area contributed by atoms with Crippen molar-refractivity contribution in [1.82, 2.24) is 9.80 Å². The predicted octanol–water partition coefficient (Wildman–Crippen LogP) is 1.57. The van der Waals surface area contributed by atoms with E-state index in [0.29, 0.717) is 12.5 Å². The highest BCUT2D eigenvalue weighted by Gasteiger charge is 2.41. The molecule has 0 aromatic carbocycles. The first kappa shape index (κ1) is 14.8. The number of carbonyl (C=O) groups is 2. The highest BCUT2D eigenvalue weighted by Crippen LogP contribution is 2.34. The largest absolute Gasteiger partial charge is 0.481 e. The molecule has 3 atom stereocenters. The minimum Gasteiger partial charge on any atom is -0.481 e. The van der Waals surface area contributed by atoms with E-state index in [1.807, 2.05) is 4.90 Å².